The molecule has 1 aromatic carbocycles. The molecule has 0 aliphatic rings. The Balaban J connectivity index is 1.81. The Labute approximate surface area is 156 Å². The predicted octanol–water partition coefficient (Wildman–Crippen LogP) is 3.09. The Kier molecular flexibility index (Phi) is 5.79. The van der Waals surface area contributed by atoms with Gasteiger partial charge in [-0.1, -0.05) is 12.1 Å². The van der Waals surface area contributed by atoms with Gasteiger partial charge >= 0.3 is 0 Å². The highest BCUT2D eigenvalue weighted by Crippen LogP contribution is 2.20. The first-order valence-corrected chi connectivity index (χ1v) is 8.55. The third-order valence-corrected chi connectivity index (χ3v) is 4.12. The van der Waals surface area contributed by atoms with Crippen LogP contribution in [0.25, 0.3) is 5.82 Å². The van der Waals surface area contributed by atoms with Crippen molar-refractivity contribution >= 4 is 0 Å². The second-order valence-corrected chi connectivity index (χ2v) is 6.03. The molecule has 0 bridgehead atoms. The zero-order chi connectivity index (χ0) is 19.2. The minimum Gasteiger partial charge on any atom is -0.487 e. The van der Waals surface area contributed by atoms with Crippen LogP contribution in [-0.2, 0) is 13.0 Å². The standard InChI is InChI=1S/C20H19FN4O2/c1-14-18(11-22)19(25(24-14)20-9-6-16(21)12-23-20)13-27-17-7-4-15(5-8-17)3-2-10-26/h4-9,12,26H,2-3,10,13H2,1H3. The number of aliphatic hydroxyl groups is 1. The summed E-state index contributed by atoms with van der Waals surface area (Å²) in [6.45, 7) is 2.02. The summed E-state index contributed by atoms with van der Waals surface area (Å²) in [5.74, 6) is 0.630. The quantitative estimate of drug-likeness (QED) is 0.695. The Hall–Kier alpha value is -3.24. The van der Waals surface area contributed by atoms with Gasteiger partial charge in [-0.15, -0.1) is 0 Å². The number of pyridine rings is 1. The molecule has 138 valence electrons. The molecule has 0 aliphatic heterocycles. The van der Waals surface area contributed by atoms with E-state index in [1.807, 2.05) is 24.3 Å². The largest absolute Gasteiger partial charge is 0.487 e. The molecular weight excluding hydrogens is 347 g/mol. The SMILES string of the molecule is Cc1nn(-c2ccc(F)cn2)c(COc2ccc(CCCO)cc2)c1C#N. The summed E-state index contributed by atoms with van der Waals surface area (Å²) in [4.78, 5) is 4.03. The molecule has 2 aromatic heterocycles. The molecule has 0 spiro atoms. The van der Waals surface area contributed by atoms with Gasteiger partial charge in [0.05, 0.1) is 11.9 Å². The molecule has 0 fully saturated rings. The van der Waals surface area contributed by atoms with E-state index in [1.165, 1.54) is 16.8 Å². The average molecular weight is 366 g/mol. The molecule has 27 heavy (non-hydrogen) atoms. The minimum absolute atomic E-state index is 0.124. The maximum Gasteiger partial charge on any atom is 0.154 e. The molecule has 0 amide bonds. The molecule has 6 nitrogen and oxygen atoms in total. The van der Waals surface area contributed by atoms with E-state index in [-0.39, 0.29) is 13.2 Å². The van der Waals surface area contributed by atoms with Crippen molar-refractivity contribution in [3.63, 3.8) is 0 Å². The number of halogens is 1. The topological polar surface area (TPSA) is 84.0 Å². The van der Waals surface area contributed by atoms with Crippen LogP contribution in [-0.4, -0.2) is 26.5 Å². The fraction of sp³-hybridized carbons (Fsp3) is 0.250. The number of nitrogens with zero attached hydrogens (tertiary/aromatic N) is 4. The fourth-order valence-electron chi connectivity index (χ4n) is 2.72. The number of aliphatic hydroxyl groups excluding tert-OH is 1. The summed E-state index contributed by atoms with van der Waals surface area (Å²) in [5, 5.41) is 22.7. The zero-order valence-electron chi connectivity index (χ0n) is 14.9. The minimum atomic E-state index is -0.442. The van der Waals surface area contributed by atoms with Gasteiger partial charge in [-0.3, -0.25) is 0 Å². The van der Waals surface area contributed by atoms with Crippen LogP contribution in [0.4, 0.5) is 4.39 Å². The first-order valence-electron chi connectivity index (χ1n) is 8.55. The van der Waals surface area contributed by atoms with Crippen LogP contribution in [0.3, 0.4) is 0 Å². The van der Waals surface area contributed by atoms with Crippen LogP contribution < -0.4 is 4.74 Å². The molecule has 1 N–H and O–H groups in total. The summed E-state index contributed by atoms with van der Waals surface area (Å²) >= 11 is 0. The Morgan fingerprint density at radius 2 is 2.00 bits per heavy atom. The van der Waals surface area contributed by atoms with Gasteiger partial charge in [0.1, 0.15) is 35.5 Å². The van der Waals surface area contributed by atoms with Gasteiger partial charge in [0.15, 0.2) is 5.82 Å². The average Bonchev–Trinajstić information content (AvgIpc) is 3.01. The van der Waals surface area contributed by atoms with Crippen LogP contribution in [0.5, 0.6) is 5.75 Å². The van der Waals surface area contributed by atoms with Gasteiger partial charge in [-0.2, -0.15) is 10.4 Å². The third-order valence-electron chi connectivity index (χ3n) is 4.12. The van der Waals surface area contributed by atoms with Crippen molar-refractivity contribution < 1.29 is 14.2 Å². The van der Waals surface area contributed by atoms with Gasteiger partial charge < -0.3 is 9.84 Å². The van der Waals surface area contributed by atoms with E-state index >= 15 is 0 Å². The Morgan fingerprint density at radius 3 is 2.63 bits per heavy atom. The molecule has 3 aromatic rings. The van der Waals surface area contributed by atoms with E-state index in [0.717, 1.165) is 24.6 Å². The number of hydrogen-bond acceptors (Lipinski definition) is 5. The van der Waals surface area contributed by atoms with Crippen molar-refractivity contribution in [1.82, 2.24) is 14.8 Å². The molecule has 0 atom stereocenters. The normalized spacial score (nSPS) is 10.6. The number of aryl methyl sites for hydroxylation is 2. The molecule has 0 aliphatic carbocycles. The van der Waals surface area contributed by atoms with E-state index in [4.69, 9.17) is 9.84 Å². The molecule has 2 heterocycles. The number of benzene rings is 1. The van der Waals surface area contributed by atoms with Crippen LogP contribution >= 0.6 is 0 Å². The maximum absolute atomic E-state index is 13.2. The Morgan fingerprint density at radius 1 is 1.22 bits per heavy atom. The van der Waals surface area contributed by atoms with Gasteiger partial charge in [-0.05, 0) is 49.6 Å². The van der Waals surface area contributed by atoms with Crippen molar-refractivity contribution in [2.75, 3.05) is 6.61 Å². The first-order chi connectivity index (χ1) is 13.1. The second kappa shape index (κ2) is 8.43. The summed E-state index contributed by atoms with van der Waals surface area (Å²) < 4.78 is 20.5. The molecule has 0 saturated carbocycles. The predicted molar refractivity (Wildman–Crippen MR) is 96.9 cm³/mol. The van der Waals surface area contributed by atoms with Crippen LogP contribution in [0.2, 0.25) is 0 Å². The number of rotatable bonds is 7. The molecule has 0 unspecified atom stereocenters. The lowest BCUT2D eigenvalue weighted by Gasteiger charge is -2.10. The molecular formula is C20H19FN4O2. The lowest BCUT2D eigenvalue weighted by molar-refractivity contribution is 0.288. The van der Waals surface area contributed by atoms with Crippen LogP contribution in [0, 0.1) is 24.1 Å². The van der Waals surface area contributed by atoms with Gasteiger partial charge in [0.2, 0.25) is 0 Å². The first kappa shape index (κ1) is 18.5. The third kappa shape index (κ3) is 4.30. The highest BCUT2D eigenvalue weighted by molar-refractivity contribution is 5.41. The smallest absolute Gasteiger partial charge is 0.154 e. The molecule has 0 saturated heterocycles. The molecule has 0 radical (unpaired) electrons. The number of ether oxygens (including phenoxy) is 1. The van der Waals surface area contributed by atoms with Gasteiger partial charge in [-0.25, -0.2) is 14.1 Å². The summed E-state index contributed by atoms with van der Waals surface area (Å²) in [5.41, 5.74) is 2.64. The lowest BCUT2D eigenvalue weighted by Crippen LogP contribution is -2.08. The number of hydrogen-bond donors (Lipinski definition) is 1. The Bertz CT molecular complexity index is 944. The van der Waals surface area contributed by atoms with E-state index in [0.29, 0.717) is 28.5 Å². The van der Waals surface area contributed by atoms with Crippen molar-refractivity contribution in [2.24, 2.45) is 0 Å². The van der Waals surface area contributed by atoms with Crippen molar-refractivity contribution in [2.45, 2.75) is 26.4 Å². The lowest BCUT2D eigenvalue weighted by atomic mass is 10.1. The highest BCUT2D eigenvalue weighted by atomic mass is 19.1. The van der Waals surface area contributed by atoms with E-state index in [9.17, 15) is 9.65 Å². The molecule has 3 rings (SSSR count). The second-order valence-electron chi connectivity index (χ2n) is 6.03. The van der Waals surface area contributed by atoms with Crippen molar-refractivity contribution in [3.8, 4) is 17.6 Å². The monoisotopic (exact) mass is 366 g/mol. The summed E-state index contributed by atoms with van der Waals surface area (Å²) in [6, 6.07) is 12.5. The van der Waals surface area contributed by atoms with Gasteiger partial charge in [0.25, 0.3) is 0 Å². The van der Waals surface area contributed by atoms with Gasteiger partial charge in [0, 0.05) is 6.61 Å². The summed E-state index contributed by atoms with van der Waals surface area (Å²) in [7, 11) is 0. The van der Waals surface area contributed by atoms with E-state index < -0.39 is 5.82 Å². The molecule has 7 heteroatoms. The zero-order valence-corrected chi connectivity index (χ0v) is 14.9. The fourth-order valence-corrected chi connectivity index (χ4v) is 2.72. The van der Waals surface area contributed by atoms with E-state index in [2.05, 4.69) is 16.2 Å². The maximum atomic E-state index is 13.2. The van der Waals surface area contributed by atoms with Crippen molar-refractivity contribution in [3.05, 3.63) is 70.9 Å². The highest BCUT2D eigenvalue weighted by Gasteiger charge is 2.17. The summed E-state index contributed by atoms with van der Waals surface area (Å²) in [6.07, 6.45) is 2.63. The number of nitriles is 1. The van der Waals surface area contributed by atoms with Crippen LogP contribution in [0.15, 0.2) is 42.6 Å². The number of aromatic nitrogens is 3. The van der Waals surface area contributed by atoms with Crippen LogP contribution in [0.1, 0.15) is 28.9 Å². The van der Waals surface area contributed by atoms with E-state index in [1.54, 1.807) is 6.92 Å². The van der Waals surface area contributed by atoms with Crippen molar-refractivity contribution in [1.29, 1.82) is 5.26 Å².